The van der Waals surface area contributed by atoms with Crippen molar-refractivity contribution in [1.82, 2.24) is 25.4 Å². The number of nitrogens with one attached hydrogen (secondary N) is 2. The molecule has 4 aromatic rings. The van der Waals surface area contributed by atoms with E-state index < -0.39 is 36.2 Å². The minimum Gasteiger partial charge on any atom is -0.448 e. The number of hydrogen-bond acceptors (Lipinski definition) is 10. The zero-order valence-electron chi connectivity index (χ0n) is 38.0. The molecule has 1 aliphatic carbocycles. The molecule has 2 heterocycles. The van der Waals surface area contributed by atoms with E-state index in [2.05, 4.69) is 53.7 Å². The lowest BCUT2D eigenvalue weighted by molar-refractivity contribution is -0.144. The van der Waals surface area contributed by atoms with E-state index >= 15 is 0 Å². The number of carbonyl (C=O) groups excluding carboxylic acids is 4. The molecule has 2 N–H and O–H groups in total. The molecule has 338 valence electrons. The van der Waals surface area contributed by atoms with Crippen LogP contribution in [0.1, 0.15) is 94.0 Å². The highest BCUT2D eigenvalue weighted by Crippen LogP contribution is 2.44. The van der Waals surface area contributed by atoms with E-state index in [9.17, 15) is 19.2 Å². The van der Waals surface area contributed by atoms with E-state index in [0.717, 1.165) is 45.7 Å². The molecule has 6 rings (SSSR count). The Kier molecular flexibility index (Phi) is 16.7. The summed E-state index contributed by atoms with van der Waals surface area (Å²) < 4.78 is 18.0. The highest BCUT2D eigenvalue weighted by Gasteiger charge is 2.44. The monoisotopic (exact) mass is 879 g/mol. The van der Waals surface area contributed by atoms with Crippen LogP contribution in [0.4, 0.5) is 4.79 Å². The Hall–Kier alpha value is -4.95. The van der Waals surface area contributed by atoms with Crippen LogP contribution in [0, 0.1) is 17.8 Å². The zero-order chi connectivity index (χ0) is 45.2. The fourth-order valence-electron chi connectivity index (χ4n) is 9.90. The van der Waals surface area contributed by atoms with Gasteiger partial charge in [-0.05, 0) is 66.0 Å². The van der Waals surface area contributed by atoms with Crippen molar-refractivity contribution in [2.75, 3.05) is 34.4 Å². The predicted octanol–water partition coefficient (Wildman–Crippen LogP) is 8.03. The highest BCUT2D eigenvalue weighted by atomic mass is 32.1. The Bertz CT molecular complexity index is 2090. The number of nitrogens with zero attached hydrogens (tertiary/aromatic N) is 3. The molecule has 63 heavy (non-hydrogen) atoms. The molecule has 2 aliphatic rings. The Labute approximate surface area is 377 Å². The molecule has 1 fully saturated rings. The Morgan fingerprint density at radius 2 is 1.54 bits per heavy atom. The molecule has 8 atom stereocenters. The van der Waals surface area contributed by atoms with Crippen LogP contribution in [0.2, 0.25) is 0 Å². The van der Waals surface area contributed by atoms with Gasteiger partial charge < -0.3 is 24.4 Å². The van der Waals surface area contributed by atoms with Gasteiger partial charge in [0.1, 0.15) is 11.6 Å². The molecule has 0 bridgehead atoms. The molecular weight excluding hydrogens is 815 g/mol. The van der Waals surface area contributed by atoms with Crippen molar-refractivity contribution in [2.45, 2.75) is 109 Å². The van der Waals surface area contributed by atoms with Crippen molar-refractivity contribution < 1.29 is 33.4 Å². The Balaban J connectivity index is 1.11. The number of imide groups is 1. The number of thiazole rings is 1. The van der Waals surface area contributed by atoms with Crippen LogP contribution in [0.5, 0.6) is 0 Å². The van der Waals surface area contributed by atoms with Gasteiger partial charge in [0, 0.05) is 44.3 Å². The maximum absolute atomic E-state index is 14.5. The Morgan fingerprint density at radius 3 is 2.13 bits per heavy atom. The number of amides is 4. The van der Waals surface area contributed by atoms with Crippen molar-refractivity contribution in [2.24, 2.45) is 17.8 Å². The molecule has 4 amide bonds. The first-order valence-electron chi connectivity index (χ1n) is 22.3. The number of likely N-dealkylation sites (tertiary alicyclic amines) is 1. The summed E-state index contributed by atoms with van der Waals surface area (Å²) >= 11 is 1.50. The molecule has 1 saturated heterocycles. The molecule has 12 nitrogen and oxygen atoms in total. The van der Waals surface area contributed by atoms with Crippen LogP contribution in [-0.4, -0.2) is 103 Å². The van der Waals surface area contributed by atoms with Gasteiger partial charge in [-0.25, -0.2) is 9.78 Å². The number of fused-ring (bicyclic) bond motifs is 3. The van der Waals surface area contributed by atoms with Crippen molar-refractivity contribution in [3.63, 3.8) is 0 Å². The van der Waals surface area contributed by atoms with Gasteiger partial charge in [-0.1, -0.05) is 120 Å². The lowest BCUT2D eigenvalue weighted by Gasteiger charge is -2.43. The molecule has 1 aromatic heterocycles. The second kappa shape index (κ2) is 22.1. The summed E-state index contributed by atoms with van der Waals surface area (Å²) in [6, 6.07) is 24.5. The number of benzene rings is 3. The van der Waals surface area contributed by atoms with Crippen LogP contribution in [-0.2, 0) is 35.0 Å². The van der Waals surface area contributed by atoms with Crippen LogP contribution < -0.4 is 10.6 Å². The SMILES string of the molecule is CC[C@H](C)[C@@H]([C@@H](CC(=O)N1CCC[C@H]1[C@H](OC)[C@@H](C)C(=O)N[C@@H](Cc1ccccc1)c1nccs1)OC)N(C)[C@H](C(=O)NC(=O)OCC1c2ccccc2-c2ccccc21)C(C)C. The summed E-state index contributed by atoms with van der Waals surface area (Å²) in [6.45, 7) is 10.5. The quantitative estimate of drug-likeness (QED) is 0.0904. The number of rotatable bonds is 20. The summed E-state index contributed by atoms with van der Waals surface area (Å²) in [7, 11) is 5.07. The zero-order valence-corrected chi connectivity index (χ0v) is 38.8. The average Bonchev–Trinajstić information content (AvgIpc) is 4.06. The molecule has 0 unspecified atom stereocenters. The maximum Gasteiger partial charge on any atom is 0.413 e. The number of aromatic nitrogens is 1. The van der Waals surface area contributed by atoms with Crippen LogP contribution in [0.25, 0.3) is 11.1 Å². The van der Waals surface area contributed by atoms with Crippen molar-refractivity contribution in [3.05, 3.63) is 112 Å². The number of alkyl carbamates (subject to hydrolysis) is 1. The van der Waals surface area contributed by atoms with Crippen molar-refractivity contribution >= 4 is 35.2 Å². The summed E-state index contributed by atoms with van der Waals surface area (Å²) in [4.78, 5) is 64.2. The average molecular weight is 880 g/mol. The number of likely N-dealkylation sites (N-methyl/N-ethyl adjacent to an activating group) is 1. The third-order valence-corrected chi connectivity index (χ3v) is 14.1. The number of methoxy groups -OCH3 is 2. The first-order chi connectivity index (χ1) is 30.4. The van der Waals surface area contributed by atoms with Crippen molar-refractivity contribution in [3.8, 4) is 11.1 Å². The smallest absolute Gasteiger partial charge is 0.413 e. The van der Waals surface area contributed by atoms with Gasteiger partial charge in [0.25, 0.3) is 0 Å². The third kappa shape index (κ3) is 11.1. The van der Waals surface area contributed by atoms with E-state index in [0.29, 0.717) is 19.4 Å². The first-order valence-corrected chi connectivity index (χ1v) is 23.2. The summed E-state index contributed by atoms with van der Waals surface area (Å²) in [5.74, 6) is -1.63. The lowest BCUT2D eigenvalue weighted by atomic mass is 9.88. The lowest BCUT2D eigenvalue weighted by Crippen LogP contribution is -2.58. The topological polar surface area (TPSA) is 139 Å². The van der Waals surface area contributed by atoms with E-state index in [1.165, 1.54) is 11.3 Å². The van der Waals surface area contributed by atoms with Crippen LogP contribution in [0.15, 0.2) is 90.4 Å². The summed E-state index contributed by atoms with van der Waals surface area (Å²) in [6.07, 6.45) is 2.70. The number of ether oxygens (including phenoxy) is 3. The largest absolute Gasteiger partial charge is 0.448 e. The van der Waals surface area contributed by atoms with Gasteiger partial charge in [0.05, 0.1) is 42.7 Å². The maximum atomic E-state index is 14.5. The minimum absolute atomic E-state index is 0.0164. The van der Waals surface area contributed by atoms with E-state index in [1.807, 2.05) is 97.6 Å². The van der Waals surface area contributed by atoms with Crippen LogP contribution >= 0.6 is 11.3 Å². The number of carbonyl (C=O) groups is 4. The van der Waals surface area contributed by atoms with Gasteiger partial charge in [0.15, 0.2) is 0 Å². The molecular formula is C50H65N5O7S. The van der Waals surface area contributed by atoms with Crippen molar-refractivity contribution in [1.29, 1.82) is 0 Å². The van der Waals surface area contributed by atoms with E-state index in [4.69, 9.17) is 14.2 Å². The fraction of sp³-hybridized carbons (Fsp3) is 0.500. The Morgan fingerprint density at radius 1 is 0.889 bits per heavy atom. The van der Waals surface area contributed by atoms with E-state index in [1.54, 1.807) is 20.4 Å². The molecule has 0 saturated carbocycles. The predicted molar refractivity (Wildman–Crippen MR) is 246 cm³/mol. The second-order valence-electron chi connectivity index (χ2n) is 17.4. The third-order valence-electron chi connectivity index (χ3n) is 13.2. The molecule has 3 aromatic carbocycles. The van der Waals surface area contributed by atoms with Gasteiger partial charge in [-0.15, -0.1) is 11.3 Å². The van der Waals surface area contributed by atoms with E-state index in [-0.39, 0.29) is 60.7 Å². The standard InChI is InChI=1S/C50H65N5O7S/c1-9-32(4)45(54(6)44(31(2)3)48(58)53-50(59)62-30-39-37-22-15-13-20-35(37)36-21-14-16-23-38(36)39)42(60-7)29-43(56)55-26-17-24-41(55)46(61-8)33(5)47(57)52-40(49-51-25-27-63-49)28-34-18-11-10-12-19-34/h10-16,18-23,25,27,31-33,39-42,44-46H,9,17,24,26,28-30H2,1-8H3,(H,52,57)(H,53,58,59)/t32-,33+,40-,41-,42+,44-,45-,46+/m0/s1. The molecule has 13 heteroatoms. The first kappa shape index (κ1) is 47.5. The molecule has 0 radical (unpaired) electrons. The summed E-state index contributed by atoms with van der Waals surface area (Å²) in [5, 5.41) is 8.51. The van der Waals surface area contributed by atoms with Gasteiger partial charge >= 0.3 is 6.09 Å². The minimum atomic E-state index is -0.801. The second-order valence-corrected chi connectivity index (χ2v) is 18.4. The summed E-state index contributed by atoms with van der Waals surface area (Å²) in [5.41, 5.74) is 5.50. The van der Waals surface area contributed by atoms with Gasteiger partial charge in [0.2, 0.25) is 17.7 Å². The molecule has 0 spiro atoms. The highest BCUT2D eigenvalue weighted by molar-refractivity contribution is 7.09. The molecule has 1 aliphatic heterocycles. The number of hydrogen-bond donors (Lipinski definition) is 2. The van der Waals surface area contributed by atoms with Gasteiger partial charge in [-0.2, -0.15) is 0 Å². The fourth-order valence-corrected chi connectivity index (χ4v) is 10.6. The van der Waals surface area contributed by atoms with Crippen LogP contribution in [0.3, 0.4) is 0 Å². The normalized spacial score (nSPS) is 18.2. The van der Waals surface area contributed by atoms with Gasteiger partial charge in [-0.3, -0.25) is 24.6 Å².